The van der Waals surface area contributed by atoms with Crippen molar-refractivity contribution < 1.29 is 13.2 Å². The number of nitrogens with zero attached hydrogens (tertiary/aromatic N) is 1. The molecule has 2 rings (SSSR count). The number of carbonyl (C=O) groups excluding carboxylic acids is 1. The van der Waals surface area contributed by atoms with E-state index in [2.05, 4.69) is 0 Å². The van der Waals surface area contributed by atoms with E-state index in [0.29, 0.717) is 15.6 Å². The molecule has 80 valence electrons. The van der Waals surface area contributed by atoms with Crippen LogP contribution in [0.25, 0.3) is 0 Å². The summed E-state index contributed by atoms with van der Waals surface area (Å²) in [5, 5.41) is 4.96. The van der Waals surface area contributed by atoms with Crippen molar-refractivity contribution in [1.29, 1.82) is 0 Å². The number of benzene rings is 1. The van der Waals surface area contributed by atoms with Gasteiger partial charge in [-0.15, -0.1) is 0 Å². The van der Waals surface area contributed by atoms with Crippen LogP contribution in [-0.4, -0.2) is 14.3 Å². The molecule has 1 amide bonds. The van der Waals surface area contributed by atoms with Crippen LogP contribution in [0, 0.1) is 6.92 Å². The third-order valence-electron chi connectivity index (χ3n) is 2.28. The van der Waals surface area contributed by atoms with Crippen LogP contribution < -0.4 is 9.44 Å². The Labute approximate surface area is 87.7 Å². The van der Waals surface area contributed by atoms with Crippen molar-refractivity contribution in [2.75, 3.05) is 4.31 Å². The van der Waals surface area contributed by atoms with Crippen LogP contribution >= 0.6 is 0 Å². The van der Waals surface area contributed by atoms with E-state index in [9.17, 15) is 13.2 Å². The highest BCUT2D eigenvalue weighted by molar-refractivity contribution is 7.91. The van der Waals surface area contributed by atoms with Crippen molar-refractivity contribution in [3.63, 3.8) is 0 Å². The van der Waals surface area contributed by atoms with Gasteiger partial charge in [-0.3, -0.25) is 4.79 Å². The average Bonchev–Trinajstić information content (AvgIpc) is 2.38. The third-order valence-corrected chi connectivity index (χ3v) is 3.19. The Kier molecular flexibility index (Phi) is 2.06. The molecule has 0 radical (unpaired) electrons. The summed E-state index contributed by atoms with van der Waals surface area (Å²) in [4.78, 5) is 11.5. The fourth-order valence-corrected chi connectivity index (χ4v) is 2.50. The second-order valence-electron chi connectivity index (χ2n) is 3.51. The van der Waals surface area contributed by atoms with Gasteiger partial charge in [0, 0.05) is 0 Å². The molecule has 0 saturated carbocycles. The van der Waals surface area contributed by atoms with E-state index >= 15 is 0 Å². The molecule has 5 nitrogen and oxygen atoms in total. The average molecular weight is 226 g/mol. The quantitative estimate of drug-likeness (QED) is 0.736. The van der Waals surface area contributed by atoms with Crippen molar-refractivity contribution >= 4 is 21.8 Å². The maximum absolute atomic E-state index is 11.5. The molecule has 1 aliphatic rings. The molecule has 0 fully saturated rings. The first-order valence-electron chi connectivity index (χ1n) is 4.35. The van der Waals surface area contributed by atoms with Crippen LogP contribution in [0.15, 0.2) is 18.2 Å². The number of fused-ring (bicyclic) bond motifs is 1. The van der Waals surface area contributed by atoms with E-state index in [1.54, 1.807) is 18.2 Å². The molecule has 0 spiro atoms. The van der Waals surface area contributed by atoms with Gasteiger partial charge in [0.25, 0.3) is 0 Å². The SMILES string of the molecule is Cc1ccc2c(c1)CC(=O)N2S(N)(=O)=O. The molecular formula is C9H10N2O3S. The van der Waals surface area contributed by atoms with Crippen molar-refractivity contribution in [2.24, 2.45) is 5.14 Å². The summed E-state index contributed by atoms with van der Waals surface area (Å²) in [6.07, 6.45) is 0.0907. The Morgan fingerprint density at radius 1 is 1.40 bits per heavy atom. The zero-order chi connectivity index (χ0) is 11.2. The number of hydrogen-bond donors (Lipinski definition) is 1. The molecule has 1 aromatic rings. The first-order valence-corrected chi connectivity index (χ1v) is 5.85. The Morgan fingerprint density at radius 3 is 2.67 bits per heavy atom. The maximum atomic E-state index is 11.5. The molecule has 15 heavy (non-hydrogen) atoms. The second kappa shape index (κ2) is 3.04. The van der Waals surface area contributed by atoms with E-state index < -0.39 is 16.1 Å². The molecular weight excluding hydrogens is 216 g/mol. The van der Waals surface area contributed by atoms with Gasteiger partial charge in [0.15, 0.2) is 0 Å². The molecule has 0 saturated heterocycles. The normalized spacial score (nSPS) is 15.6. The number of rotatable bonds is 1. The monoisotopic (exact) mass is 226 g/mol. The highest BCUT2D eigenvalue weighted by Gasteiger charge is 2.34. The van der Waals surface area contributed by atoms with Crippen molar-refractivity contribution in [3.8, 4) is 0 Å². The standard InChI is InChI=1S/C9H10N2O3S/c1-6-2-3-8-7(4-6)5-9(12)11(8)15(10,13)14/h2-4H,5H2,1H3,(H2,10,13,14). The largest absolute Gasteiger partial charge is 0.305 e. The summed E-state index contributed by atoms with van der Waals surface area (Å²) >= 11 is 0. The minimum absolute atomic E-state index is 0.0907. The lowest BCUT2D eigenvalue weighted by Crippen LogP contribution is -2.38. The first-order chi connectivity index (χ1) is 6.89. The Hall–Kier alpha value is -1.40. The number of amides is 1. The van der Waals surface area contributed by atoms with Crippen LogP contribution in [0.1, 0.15) is 11.1 Å². The molecule has 2 N–H and O–H groups in total. The zero-order valence-electron chi connectivity index (χ0n) is 8.10. The van der Waals surface area contributed by atoms with E-state index in [1.165, 1.54) is 0 Å². The summed E-state index contributed by atoms with van der Waals surface area (Å²) in [7, 11) is -3.99. The van der Waals surface area contributed by atoms with Gasteiger partial charge in [-0.1, -0.05) is 17.7 Å². The fourth-order valence-electron chi connectivity index (χ4n) is 1.70. The maximum Gasteiger partial charge on any atom is 0.305 e. The van der Waals surface area contributed by atoms with Gasteiger partial charge in [0.1, 0.15) is 0 Å². The smallest absolute Gasteiger partial charge is 0.273 e. The first kappa shape index (κ1) is 10.1. The van der Waals surface area contributed by atoms with Crippen LogP contribution in [0.2, 0.25) is 0 Å². The molecule has 1 heterocycles. The summed E-state index contributed by atoms with van der Waals surface area (Å²) in [5.41, 5.74) is 2.06. The number of carbonyl (C=O) groups is 1. The minimum atomic E-state index is -3.99. The van der Waals surface area contributed by atoms with Gasteiger partial charge in [0.05, 0.1) is 12.1 Å². The van der Waals surface area contributed by atoms with Gasteiger partial charge >= 0.3 is 10.2 Å². The topological polar surface area (TPSA) is 80.5 Å². The molecule has 6 heteroatoms. The molecule has 0 bridgehead atoms. The molecule has 0 aliphatic carbocycles. The molecule has 1 aromatic carbocycles. The lowest BCUT2D eigenvalue weighted by molar-refractivity contribution is -0.116. The van der Waals surface area contributed by atoms with E-state index in [4.69, 9.17) is 5.14 Å². The van der Waals surface area contributed by atoms with Gasteiger partial charge < -0.3 is 0 Å². The third kappa shape index (κ3) is 1.62. The molecule has 0 atom stereocenters. The predicted molar refractivity (Wildman–Crippen MR) is 55.5 cm³/mol. The van der Waals surface area contributed by atoms with Crippen molar-refractivity contribution in [3.05, 3.63) is 29.3 Å². The Bertz CT molecular complexity index is 536. The summed E-state index contributed by atoms with van der Waals surface area (Å²) in [5.74, 6) is -0.502. The molecule has 0 unspecified atom stereocenters. The Morgan fingerprint density at radius 2 is 2.07 bits per heavy atom. The lowest BCUT2D eigenvalue weighted by atomic mass is 10.1. The second-order valence-corrected chi connectivity index (χ2v) is 4.91. The lowest BCUT2D eigenvalue weighted by Gasteiger charge is -2.13. The van der Waals surface area contributed by atoms with Gasteiger partial charge in [-0.2, -0.15) is 12.7 Å². The number of anilines is 1. The summed E-state index contributed by atoms with van der Waals surface area (Å²) in [6, 6.07) is 5.13. The molecule has 1 aliphatic heterocycles. The van der Waals surface area contributed by atoms with E-state index in [-0.39, 0.29) is 6.42 Å². The minimum Gasteiger partial charge on any atom is -0.273 e. The molecule has 0 aromatic heterocycles. The van der Waals surface area contributed by atoms with Gasteiger partial charge in [-0.05, 0) is 18.6 Å². The predicted octanol–water partition coefficient (Wildman–Crippen LogP) is 0.0876. The van der Waals surface area contributed by atoms with Crippen molar-refractivity contribution in [2.45, 2.75) is 13.3 Å². The number of hydrogen-bond acceptors (Lipinski definition) is 3. The summed E-state index contributed by atoms with van der Waals surface area (Å²) < 4.78 is 23.0. The van der Waals surface area contributed by atoms with Crippen LogP contribution in [0.3, 0.4) is 0 Å². The van der Waals surface area contributed by atoms with Gasteiger partial charge in [0.2, 0.25) is 5.91 Å². The van der Waals surface area contributed by atoms with Gasteiger partial charge in [-0.25, -0.2) is 5.14 Å². The van der Waals surface area contributed by atoms with Crippen LogP contribution in [0.5, 0.6) is 0 Å². The highest BCUT2D eigenvalue weighted by atomic mass is 32.2. The fraction of sp³-hybridized carbons (Fsp3) is 0.222. The van der Waals surface area contributed by atoms with Crippen LogP contribution in [0.4, 0.5) is 5.69 Å². The van der Waals surface area contributed by atoms with E-state index in [1.807, 2.05) is 6.92 Å². The number of aryl methyl sites for hydroxylation is 1. The highest BCUT2D eigenvalue weighted by Crippen LogP contribution is 2.30. The number of nitrogens with two attached hydrogens (primary N) is 1. The Balaban J connectivity index is 2.61. The van der Waals surface area contributed by atoms with E-state index in [0.717, 1.165) is 5.56 Å². The van der Waals surface area contributed by atoms with Crippen molar-refractivity contribution in [1.82, 2.24) is 0 Å². The zero-order valence-corrected chi connectivity index (χ0v) is 8.91. The summed E-state index contributed by atoms with van der Waals surface area (Å²) in [6.45, 7) is 1.88. The van der Waals surface area contributed by atoms with Crippen LogP contribution in [-0.2, 0) is 21.4 Å².